The van der Waals surface area contributed by atoms with Crippen LogP contribution in [0, 0.1) is 0 Å². The molecule has 0 saturated carbocycles. The van der Waals surface area contributed by atoms with Crippen LogP contribution in [0.4, 0.5) is 0 Å². The van der Waals surface area contributed by atoms with E-state index in [4.69, 9.17) is 0 Å². The van der Waals surface area contributed by atoms with Gasteiger partial charge in [-0.25, -0.2) is 0 Å². The molecule has 0 spiro atoms. The number of nitrogens with one attached hydrogen (secondary N) is 1. The van der Waals surface area contributed by atoms with E-state index in [1.165, 1.54) is 35.5 Å². The van der Waals surface area contributed by atoms with Crippen molar-refractivity contribution >= 4 is 11.8 Å². The summed E-state index contributed by atoms with van der Waals surface area (Å²) in [6, 6.07) is 9.73. The van der Waals surface area contributed by atoms with Crippen LogP contribution in [-0.4, -0.2) is 18.3 Å². The Morgan fingerprint density at radius 3 is 2.32 bits per heavy atom. The van der Waals surface area contributed by atoms with Gasteiger partial charge in [0.25, 0.3) is 0 Å². The van der Waals surface area contributed by atoms with Crippen LogP contribution in [0.25, 0.3) is 0 Å². The highest BCUT2D eigenvalue weighted by Crippen LogP contribution is 2.22. The summed E-state index contributed by atoms with van der Waals surface area (Å²) >= 11 is 1.99. The van der Waals surface area contributed by atoms with Gasteiger partial charge in [0.15, 0.2) is 0 Å². The van der Waals surface area contributed by atoms with Crippen molar-refractivity contribution in [3.8, 4) is 0 Å². The smallest absolute Gasteiger partial charge is 0.00721 e. The van der Waals surface area contributed by atoms with Gasteiger partial charge in [0.2, 0.25) is 0 Å². The third-order valence-corrected chi connectivity index (χ3v) is 4.50. The molecule has 19 heavy (non-hydrogen) atoms. The molecule has 0 aromatic heterocycles. The molecule has 0 aliphatic heterocycles. The van der Waals surface area contributed by atoms with E-state index in [9.17, 15) is 0 Å². The highest BCUT2D eigenvalue weighted by Gasteiger charge is 2.01. The molecule has 1 rings (SSSR count). The van der Waals surface area contributed by atoms with Crippen LogP contribution in [0.1, 0.15) is 58.4 Å². The third-order valence-electron chi connectivity index (χ3n) is 3.40. The largest absolute Gasteiger partial charge is 0.315 e. The van der Waals surface area contributed by atoms with Crippen LogP contribution in [0.5, 0.6) is 0 Å². The molecular formula is C17H29NS. The maximum Gasteiger partial charge on any atom is 0.00721 e. The van der Waals surface area contributed by atoms with E-state index < -0.39 is 0 Å². The number of hydrogen-bond acceptors (Lipinski definition) is 2. The first-order chi connectivity index (χ1) is 9.13. The lowest BCUT2D eigenvalue weighted by molar-refractivity contribution is 0.510. The molecule has 0 radical (unpaired) electrons. The second-order valence-corrected chi connectivity index (χ2v) is 6.70. The molecule has 1 atom stereocenters. The Hall–Kier alpha value is -0.470. The number of unbranched alkanes of at least 4 members (excludes halogenated alkanes) is 1. The van der Waals surface area contributed by atoms with Gasteiger partial charge in [-0.15, -0.1) is 11.8 Å². The molecule has 0 fully saturated rings. The molecule has 108 valence electrons. The van der Waals surface area contributed by atoms with Crippen molar-refractivity contribution in [1.29, 1.82) is 0 Å². The fraction of sp³-hybridized carbons (Fsp3) is 0.647. The van der Waals surface area contributed by atoms with Gasteiger partial charge in [-0.1, -0.05) is 39.3 Å². The first-order valence-corrected chi connectivity index (χ1v) is 8.58. The van der Waals surface area contributed by atoms with Gasteiger partial charge in [0.05, 0.1) is 0 Å². The number of benzene rings is 1. The predicted molar refractivity (Wildman–Crippen MR) is 88.2 cm³/mol. The summed E-state index contributed by atoms with van der Waals surface area (Å²) in [5, 5.41) is 3.46. The topological polar surface area (TPSA) is 12.0 Å². The Morgan fingerprint density at radius 2 is 1.74 bits per heavy atom. The number of thioether (sulfide) groups is 1. The Morgan fingerprint density at radius 1 is 1.05 bits per heavy atom. The maximum absolute atomic E-state index is 3.46. The molecule has 1 unspecified atom stereocenters. The lowest BCUT2D eigenvalue weighted by Crippen LogP contribution is -2.25. The SMILES string of the molecule is CCNC(C)CCCCSc1ccc(C(C)C)cc1. The van der Waals surface area contributed by atoms with Crippen LogP contribution in [0.15, 0.2) is 29.2 Å². The van der Waals surface area contributed by atoms with E-state index in [0.29, 0.717) is 12.0 Å². The number of hydrogen-bond donors (Lipinski definition) is 1. The monoisotopic (exact) mass is 279 g/mol. The summed E-state index contributed by atoms with van der Waals surface area (Å²) in [6.07, 6.45) is 3.93. The summed E-state index contributed by atoms with van der Waals surface area (Å²) < 4.78 is 0. The van der Waals surface area contributed by atoms with Crippen LogP contribution < -0.4 is 5.32 Å². The van der Waals surface area contributed by atoms with Crippen molar-refractivity contribution < 1.29 is 0 Å². The Labute approximate surface area is 123 Å². The zero-order valence-electron chi connectivity index (χ0n) is 12.9. The first-order valence-electron chi connectivity index (χ1n) is 7.59. The van der Waals surface area contributed by atoms with E-state index in [2.05, 4.69) is 57.3 Å². The van der Waals surface area contributed by atoms with Gasteiger partial charge in [-0.3, -0.25) is 0 Å². The molecule has 0 aliphatic rings. The van der Waals surface area contributed by atoms with E-state index in [1.807, 2.05) is 11.8 Å². The van der Waals surface area contributed by atoms with Gasteiger partial charge >= 0.3 is 0 Å². The lowest BCUT2D eigenvalue weighted by atomic mass is 10.0. The summed E-state index contributed by atoms with van der Waals surface area (Å²) in [5.41, 5.74) is 1.43. The van der Waals surface area contributed by atoms with Gasteiger partial charge < -0.3 is 5.32 Å². The second kappa shape index (κ2) is 9.44. The van der Waals surface area contributed by atoms with Crippen molar-refractivity contribution in [2.75, 3.05) is 12.3 Å². The minimum atomic E-state index is 0.631. The highest BCUT2D eigenvalue weighted by atomic mass is 32.2. The van der Waals surface area contributed by atoms with E-state index in [0.717, 1.165) is 6.54 Å². The minimum Gasteiger partial charge on any atom is -0.315 e. The molecule has 0 saturated heterocycles. The summed E-state index contributed by atoms with van der Waals surface area (Å²) in [7, 11) is 0. The molecule has 1 aromatic rings. The molecule has 1 aromatic carbocycles. The number of rotatable bonds is 9. The first kappa shape index (κ1) is 16.6. The van der Waals surface area contributed by atoms with E-state index in [-0.39, 0.29) is 0 Å². The predicted octanol–water partition coefficient (Wildman–Crippen LogP) is 5.07. The van der Waals surface area contributed by atoms with E-state index in [1.54, 1.807) is 0 Å². The average molecular weight is 279 g/mol. The Kier molecular flexibility index (Phi) is 8.24. The summed E-state index contributed by atoms with van der Waals surface area (Å²) in [6.45, 7) is 10.0. The van der Waals surface area contributed by atoms with Gasteiger partial charge in [0.1, 0.15) is 0 Å². The van der Waals surface area contributed by atoms with Crippen molar-refractivity contribution in [1.82, 2.24) is 5.32 Å². The Balaban J connectivity index is 2.15. The molecule has 0 heterocycles. The van der Waals surface area contributed by atoms with E-state index >= 15 is 0 Å². The molecule has 1 nitrogen and oxygen atoms in total. The highest BCUT2D eigenvalue weighted by molar-refractivity contribution is 7.99. The normalized spacial score (nSPS) is 12.9. The van der Waals surface area contributed by atoms with Crippen molar-refractivity contribution in [2.45, 2.75) is 63.8 Å². The van der Waals surface area contributed by atoms with Gasteiger partial charge in [-0.05, 0) is 55.7 Å². The maximum atomic E-state index is 3.46. The Bertz CT molecular complexity index is 332. The van der Waals surface area contributed by atoms with Crippen LogP contribution in [-0.2, 0) is 0 Å². The quantitative estimate of drug-likeness (QED) is 0.500. The van der Waals surface area contributed by atoms with Crippen molar-refractivity contribution in [2.24, 2.45) is 0 Å². The zero-order valence-corrected chi connectivity index (χ0v) is 13.7. The fourth-order valence-corrected chi connectivity index (χ4v) is 3.05. The standard InChI is InChI=1S/C17H29NS/c1-5-18-15(4)8-6-7-13-19-17-11-9-16(10-12-17)14(2)3/h9-12,14-15,18H,5-8,13H2,1-4H3. The fourth-order valence-electron chi connectivity index (χ4n) is 2.14. The average Bonchev–Trinajstić information content (AvgIpc) is 2.39. The molecule has 1 N–H and O–H groups in total. The van der Waals surface area contributed by atoms with Gasteiger partial charge in [-0.2, -0.15) is 0 Å². The third kappa shape index (κ3) is 7.03. The molecule has 0 amide bonds. The summed E-state index contributed by atoms with van der Waals surface area (Å²) in [4.78, 5) is 1.41. The minimum absolute atomic E-state index is 0.631. The van der Waals surface area contributed by atoms with Crippen LogP contribution in [0.3, 0.4) is 0 Å². The molecule has 0 aliphatic carbocycles. The van der Waals surface area contributed by atoms with Crippen LogP contribution in [0.2, 0.25) is 0 Å². The molecule has 0 bridgehead atoms. The second-order valence-electron chi connectivity index (χ2n) is 5.53. The van der Waals surface area contributed by atoms with Gasteiger partial charge in [0, 0.05) is 10.9 Å². The van der Waals surface area contributed by atoms with Crippen molar-refractivity contribution in [3.63, 3.8) is 0 Å². The molecular weight excluding hydrogens is 250 g/mol. The lowest BCUT2D eigenvalue weighted by Gasteiger charge is -2.11. The summed E-state index contributed by atoms with van der Waals surface area (Å²) in [5.74, 6) is 1.87. The zero-order chi connectivity index (χ0) is 14.1. The van der Waals surface area contributed by atoms with Crippen LogP contribution >= 0.6 is 11.8 Å². The molecule has 2 heteroatoms. The van der Waals surface area contributed by atoms with Crippen molar-refractivity contribution in [3.05, 3.63) is 29.8 Å².